The molecule has 3 rings (SSSR count). The minimum atomic E-state index is -4.53. The van der Waals surface area contributed by atoms with Crippen LogP contribution < -0.4 is 10.1 Å². The van der Waals surface area contributed by atoms with Gasteiger partial charge >= 0.3 is 6.18 Å². The lowest BCUT2D eigenvalue weighted by Gasteiger charge is -2.18. The van der Waals surface area contributed by atoms with Gasteiger partial charge in [0, 0.05) is 11.9 Å². The zero-order valence-electron chi connectivity index (χ0n) is 16.9. The fourth-order valence-corrected chi connectivity index (χ4v) is 3.30. The summed E-state index contributed by atoms with van der Waals surface area (Å²) < 4.78 is 44.5. The lowest BCUT2D eigenvalue weighted by Crippen LogP contribution is -2.38. The van der Waals surface area contributed by atoms with E-state index in [9.17, 15) is 18.0 Å². The van der Waals surface area contributed by atoms with Crippen molar-refractivity contribution in [1.29, 1.82) is 0 Å². The van der Waals surface area contributed by atoms with Crippen molar-refractivity contribution in [1.82, 2.24) is 10.3 Å². The number of pyridine rings is 1. The number of carbonyl (C=O) groups is 1. The highest BCUT2D eigenvalue weighted by molar-refractivity contribution is 6.29. The summed E-state index contributed by atoms with van der Waals surface area (Å²) in [6, 6.07) is 13.1. The van der Waals surface area contributed by atoms with Gasteiger partial charge in [0.25, 0.3) is 5.91 Å². The van der Waals surface area contributed by atoms with Crippen LogP contribution in [0.25, 0.3) is 0 Å². The maximum atomic E-state index is 13.0. The van der Waals surface area contributed by atoms with E-state index in [-0.39, 0.29) is 34.1 Å². The smallest absolute Gasteiger partial charge is 0.416 e. The number of nitrogens with one attached hydrogen (secondary N) is 1. The highest BCUT2D eigenvalue weighted by Gasteiger charge is 2.30. The predicted octanol–water partition coefficient (Wildman–Crippen LogP) is 6.43. The van der Waals surface area contributed by atoms with E-state index in [2.05, 4.69) is 10.3 Å². The van der Waals surface area contributed by atoms with Crippen molar-refractivity contribution in [3.8, 4) is 11.5 Å². The van der Waals surface area contributed by atoms with Gasteiger partial charge in [-0.05, 0) is 43.2 Å². The van der Waals surface area contributed by atoms with Crippen LogP contribution in [0.1, 0.15) is 27.0 Å². The molecule has 1 atom stereocenters. The standard InChI is InChI=1S/C23H19Cl2F3N2O2/c1-14-5-7-15(8-6-14)9-17(12-24)30-22(31)19-11-21(25)29-13-20(19)32-18-4-2-3-16(10-18)23(26,27)28/h2-8,10-11,13,17H,9,12H2,1H3,(H,30,31)/t17-/m1/s1. The van der Waals surface area contributed by atoms with Crippen molar-refractivity contribution in [2.24, 2.45) is 0 Å². The number of benzene rings is 2. The van der Waals surface area contributed by atoms with E-state index in [1.165, 1.54) is 24.4 Å². The van der Waals surface area contributed by atoms with Crippen LogP contribution in [-0.4, -0.2) is 22.8 Å². The molecule has 0 unspecified atom stereocenters. The topological polar surface area (TPSA) is 51.2 Å². The first-order chi connectivity index (χ1) is 15.2. The van der Waals surface area contributed by atoms with Gasteiger partial charge < -0.3 is 10.1 Å². The van der Waals surface area contributed by atoms with Crippen LogP contribution in [0, 0.1) is 6.92 Å². The summed E-state index contributed by atoms with van der Waals surface area (Å²) in [6.45, 7) is 1.98. The number of ether oxygens (including phenoxy) is 1. The summed E-state index contributed by atoms with van der Waals surface area (Å²) >= 11 is 12.0. The van der Waals surface area contributed by atoms with Crippen LogP contribution >= 0.6 is 23.2 Å². The van der Waals surface area contributed by atoms with E-state index in [1.807, 2.05) is 31.2 Å². The van der Waals surface area contributed by atoms with Crippen molar-refractivity contribution >= 4 is 29.1 Å². The normalized spacial score (nSPS) is 12.3. The van der Waals surface area contributed by atoms with Gasteiger partial charge in [0.05, 0.1) is 17.3 Å². The fourth-order valence-electron chi connectivity index (χ4n) is 2.95. The molecular weight excluding hydrogens is 464 g/mol. The average molecular weight is 483 g/mol. The molecule has 0 bridgehead atoms. The van der Waals surface area contributed by atoms with Crippen LogP contribution in [0.4, 0.5) is 13.2 Å². The Morgan fingerprint density at radius 1 is 1.16 bits per heavy atom. The molecule has 0 aliphatic heterocycles. The molecule has 0 saturated carbocycles. The minimum absolute atomic E-state index is 0.0291. The van der Waals surface area contributed by atoms with Gasteiger partial charge in [0.15, 0.2) is 5.75 Å². The number of nitrogens with zero attached hydrogens (tertiary/aromatic N) is 1. The lowest BCUT2D eigenvalue weighted by molar-refractivity contribution is -0.137. The highest BCUT2D eigenvalue weighted by atomic mass is 35.5. The Morgan fingerprint density at radius 3 is 2.53 bits per heavy atom. The number of amides is 1. The summed E-state index contributed by atoms with van der Waals surface area (Å²) in [5.74, 6) is -0.502. The first kappa shape index (κ1) is 23.9. The summed E-state index contributed by atoms with van der Waals surface area (Å²) in [5.41, 5.74) is 1.27. The number of aryl methyl sites for hydroxylation is 1. The maximum absolute atomic E-state index is 13.0. The van der Waals surface area contributed by atoms with Crippen molar-refractivity contribution in [3.05, 3.63) is 88.2 Å². The molecule has 2 aromatic carbocycles. The number of halogens is 5. The molecule has 3 aromatic rings. The quantitative estimate of drug-likeness (QED) is 0.311. The highest BCUT2D eigenvalue weighted by Crippen LogP contribution is 2.33. The van der Waals surface area contributed by atoms with Gasteiger partial charge in [0.1, 0.15) is 10.9 Å². The average Bonchev–Trinajstić information content (AvgIpc) is 2.75. The minimum Gasteiger partial charge on any atom is -0.455 e. The van der Waals surface area contributed by atoms with E-state index in [0.29, 0.717) is 6.42 Å². The zero-order chi connectivity index (χ0) is 23.3. The van der Waals surface area contributed by atoms with Crippen molar-refractivity contribution in [3.63, 3.8) is 0 Å². The Balaban J connectivity index is 1.80. The number of rotatable bonds is 7. The largest absolute Gasteiger partial charge is 0.455 e. The van der Waals surface area contributed by atoms with Gasteiger partial charge in [-0.3, -0.25) is 4.79 Å². The molecule has 0 spiro atoms. The second kappa shape index (κ2) is 10.2. The van der Waals surface area contributed by atoms with Crippen LogP contribution in [-0.2, 0) is 12.6 Å². The molecule has 1 heterocycles. The maximum Gasteiger partial charge on any atom is 0.416 e. The molecule has 0 fully saturated rings. The molecular formula is C23H19Cl2F3N2O2. The van der Waals surface area contributed by atoms with Gasteiger partial charge in [0.2, 0.25) is 0 Å². The van der Waals surface area contributed by atoms with Crippen LogP contribution in [0.5, 0.6) is 11.5 Å². The first-order valence-corrected chi connectivity index (χ1v) is 10.5. The third-order valence-corrected chi connectivity index (χ3v) is 5.17. The number of hydrogen-bond acceptors (Lipinski definition) is 3. The van der Waals surface area contributed by atoms with Gasteiger partial charge in [-0.25, -0.2) is 4.98 Å². The zero-order valence-corrected chi connectivity index (χ0v) is 18.4. The Kier molecular flexibility index (Phi) is 7.64. The van der Waals surface area contributed by atoms with Crippen LogP contribution in [0.2, 0.25) is 5.15 Å². The summed E-state index contributed by atoms with van der Waals surface area (Å²) in [5, 5.41) is 2.85. The molecule has 1 N–H and O–H groups in total. The van der Waals surface area contributed by atoms with Crippen molar-refractivity contribution in [2.75, 3.05) is 5.88 Å². The molecule has 4 nitrogen and oxygen atoms in total. The van der Waals surface area contributed by atoms with Crippen molar-refractivity contribution in [2.45, 2.75) is 25.6 Å². The van der Waals surface area contributed by atoms with Gasteiger partial charge in [-0.2, -0.15) is 13.2 Å². The number of aromatic nitrogens is 1. The van der Waals surface area contributed by atoms with Crippen LogP contribution in [0.15, 0.2) is 60.8 Å². The Hall–Kier alpha value is -2.77. The number of carbonyl (C=O) groups excluding carboxylic acids is 1. The van der Waals surface area contributed by atoms with Gasteiger partial charge in [-0.1, -0.05) is 47.5 Å². The summed E-state index contributed by atoms with van der Waals surface area (Å²) in [4.78, 5) is 16.8. The van der Waals surface area contributed by atoms with Gasteiger partial charge in [-0.15, -0.1) is 11.6 Å². The fraction of sp³-hybridized carbons (Fsp3) is 0.217. The molecule has 9 heteroatoms. The molecule has 168 valence electrons. The SMILES string of the molecule is Cc1ccc(C[C@H](CCl)NC(=O)c2cc(Cl)ncc2Oc2cccc(C(F)(F)F)c2)cc1. The Morgan fingerprint density at radius 2 is 1.88 bits per heavy atom. The monoisotopic (exact) mass is 482 g/mol. The second-order valence-electron chi connectivity index (χ2n) is 7.15. The second-order valence-corrected chi connectivity index (χ2v) is 7.84. The molecule has 1 aromatic heterocycles. The predicted molar refractivity (Wildman–Crippen MR) is 118 cm³/mol. The number of hydrogen-bond donors (Lipinski definition) is 1. The van der Waals surface area contributed by atoms with E-state index >= 15 is 0 Å². The molecule has 0 radical (unpaired) electrons. The van der Waals surface area contributed by atoms with E-state index in [1.54, 1.807) is 0 Å². The molecule has 0 saturated heterocycles. The van der Waals surface area contributed by atoms with E-state index in [4.69, 9.17) is 27.9 Å². The van der Waals surface area contributed by atoms with Crippen LogP contribution in [0.3, 0.4) is 0 Å². The summed E-state index contributed by atoms with van der Waals surface area (Å²) in [6.07, 6.45) is -2.84. The Labute approximate surface area is 193 Å². The molecule has 0 aliphatic carbocycles. The van der Waals surface area contributed by atoms with Crippen molar-refractivity contribution < 1.29 is 22.7 Å². The van der Waals surface area contributed by atoms with E-state index in [0.717, 1.165) is 23.3 Å². The lowest BCUT2D eigenvalue weighted by atomic mass is 10.0. The molecule has 1 amide bonds. The molecule has 32 heavy (non-hydrogen) atoms. The molecule has 0 aliphatic rings. The first-order valence-electron chi connectivity index (χ1n) is 9.58. The number of alkyl halides is 4. The third-order valence-electron chi connectivity index (χ3n) is 4.59. The third kappa shape index (κ3) is 6.37. The van der Waals surface area contributed by atoms with E-state index < -0.39 is 17.6 Å². The summed E-state index contributed by atoms with van der Waals surface area (Å²) in [7, 11) is 0. The Bertz CT molecular complexity index is 1090.